The van der Waals surface area contributed by atoms with Crippen molar-refractivity contribution < 1.29 is 27.8 Å². The fourth-order valence-electron chi connectivity index (χ4n) is 3.38. The van der Waals surface area contributed by atoms with Crippen molar-refractivity contribution >= 4 is 46.7 Å². The van der Waals surface area contributed by atoms with E-state index in [2.05, 4.69) is 25.5 Å². The molecule has 1 heterocycles. The highest BCUT2D eigenvalue weighted by Crippen LogP contribution is 2.30. The predicted molar refractivity (Wildman–Crippen MR) is 124 cm³/mol. The zero-order chi connectivity index (χ0) is 25.7. The van der Waals surface area contributed by atoms with Gasteiger partial charge in [0.2, 0.25) is 12.2 Å². The molecule has 1 aliphatic rings. The first kappa shape index (κ1) is 25.9. The lowest BCUT2D eigenvalue weighted by Crippen LogP contribution is -2.43. The molecule has 2 aromatic carbocycles. The number of hydrogen-bond donors (Lipinski definition) is 3. The number of rotatable bonds is 6. The maximum atomic E-state index is 14.7. The van der Waals surface area contributed by atoms with Crippen molar-refractivity contribution in [2.45, 2.75) is 19.6 Å². The van der Waals surface area contributed by atoms with Crippen LogP contribution in [0.5, 0.6) is 5.75 Å². The molecule has 3 rings (SSSR count). The minimum atomic E-state index is -3.24. The maximum Gasteiger partial charge on any atom is 0.404 e. The van der Waals surface area contributed by atoms with Gasteiger partial charge in [-0.05, 0) is 36.8 Å². The number of nitriles is 1. The summed E-state index contributed by atoms with van der Waals surface area (Å²) in [5.74, 6) is -2.63. The lowest BCUT2D eigenvalue weighted by Gasteiger charge is -2.22. The van der Waals surface area contributed by atoms with Crippen molar-refractivity contribution in [3.8, 4) is 11.9 Å². The van der Waals surface area contributed by atoms with Gasteiger partial charge in [0.25, 0.3) is 0 Å². The second-order valence-electron chi connectivity index (χ2n) is 7.20. The molecule has 9 nitrogen and oxygen atoms in total. The van der Waals surface area contributed by atoms with Gasteiger partial charge in [-0.3, -0.25) is 0 Å². The number of carboxylic acid groups (broad SMARTS) is 1. The van der Waals surface area contributed by atoms with Crippen molar-refractivity contribution in [1.29, 1.82) is 5.26 Å². The van der Waals surface area contributed by atoms with Gasteiger partial charge in [-0.25, -0.2) is 14.2 Å². The van der Waals surface area contributed by atoms with E-state index in [0.717, 1.165) is 6.07 Å². The van der Waals surface area contributed by atoms with Crippen LogP contribution in [-0.2, 0) is 0 Å². The normalized spacial score (nSPS) is 16.5. The number of nitrogens with zero attached hydrogens (tertiary/aromatic N) is 4. The van der Waals surface area contributed by atoms with Crippen LogP contribution in [-0.4, -0.2) is 47.1 Å². The minimum absolute atomic E-state index is 0.0272. The van der Waals surface area contributed by atoms with Crippen LogP contribution < -0.4 is 15.4 Å². The number of carbonyl (C=O) groups is 1. The number of aliphatic imine (C=N–C) groups is 1. The summed E-state index contributed by atoms with van der Waals surface area (Å²) in [5.41, 5.74) is 0.622. The number of hydrazone groups is 1. The fraction of sp³-hybridized carbons (Fsp3) is 0.238. The van der Waals surface area contributed by atoms with E-state index in [1.807, 2.05) is 0 Å². The van der Waals surface area contributed by atoms with Crippen LogP contribution in [0.15, 0.2) is 46.5 Å². The highest BCUT2D eigenvalue weighted by molar-refractivity contribution is 6.42. The molecule has 0 saturated carbocycles. The maximum absolute atomic E-state index is 14.7. The summed E-state index contributed by atoms with van der Waals surface area (Å²) in [6, 6.07) is 7.59. The van der Waals surface area contributed by atoms with Crippen LogP contribution in [0.3, 0.4) is 0 Å². The van der Waals surface area contributed by atoms with Crippen molar-refractivity contribution in [3.63, 3.8) is 0 Å². The number of amides is 1. The first-order chi connectivity index (χ1) is 16.6. The molecule has 2 atom stereocenters. The van der Waals surface area contributed by atoms with Crippen molar-refractivity contribution in [2.75, 3.05) is 11.9 Å². The molecule has 0 bridgehead atoms. The van der Waals surface area contributed by atoms with E-state index in [4.69, 9.17) is 33.6 Å². The molecule has 1 aliphatic heterocycles. The van der Waals surface area contributed by atoms with Gasteiger partial charge in [0.05, 0.1) is 28.0 Å². The highest BCUT2D eigenvalue weighted by atomic mass is 35.5. The summed E-state index contributed by atoms with van der Waals surface area (Å²) < 4.78 is 44.0. The summed E-state index contributed by atoms with van der Waals surface area (Å²) in [7, 11) is 0. The first-order valence-electron chi connectivity index (χ1n) is 9.88. The molecule has 0 radical (unpaired) electrons. The quantitative estimate of drug-likeness (QED) is 0.276. The third kappa shape index (κ3) is 6.26. The van der Waals surface area contributed by atoms with Gasteiger partial charge in [0.15, 0.2) is 11.6 Å². The molecular formula is C21H17Cl2F3N6O3. The average molecular weight is 529 g/mol. The molecule has 2 unspecified atom stereocenters. The van der Waals surface area contributed by atoms with Crippen molar-refractivity contribution in [2.24, 2.45) is 16.0 Å². The SMILES string of the molecule is CC(NC(=O)O)C1CN(C(=NC#N)Nc2cccc(OC(F)F)c2F)N=C1c1ccc(Cl)c(Cl)c1. The van der Waals surface area contributed by atoms with Crippen LogP contribution in [0.2, 0.25) is 10.0 Å². The Kier molecular flexibility index (Phi) is 8.26. The predicted octanol–water partition coefficient (Wildman–Crippen LogP) is 4.98. The van der Waals surface area contributed by atoms with E-state index in [1.165, 1.54) is 17.1 Å². The third-order valence-electron chi connectivity index (χ3n) is 4.95. The zero-order valence-electron chi connectivity index (χ0n) is 17.8. The van der Waals surface area contributed by atoms with Gasteiger partial charge < -0.3 is 20.5 Å². The van der Waals surface area contributed by atoms with E-state index >= 15 is 0 Å². The van der Waals surface area contributed by atoms with Crippen LogP contribution in [0.25, 0.3) is 0 Å². The Labute approximate surface area is 207 Å². The van der Waals surface area contributed by atoms with Crippen LogP contribution in [0, 0.1) is 23.2 Å². The van der Waals surface area contributed by atoms with Gasteiger partial charge in [-0.15, -0.1) is 4.99 Å². The zero-order valence-corrected chi connectivity index (χ0v) is 19.4. The van der Waals surface area contributed by atoms with Gasteiger partial charge in [-0.1, -0.05) is 35.3 Å². The lowest BCUT2D eigenvalue weighted by atomic mass is 9.91. The molecule has 0 aromatic heterocycles. The Bertz CT molecular complexity index is 1220. The lowest BCUT2D eigenvalue weighted by molar-refractivity contribution is -0.0521. The molecule has 0 spiro atoms. The molecule has 14 heteroatoms. The number of benzene rings is 2. The topological polar surface area (TPSA) is 122 Å². The van der Waals surface area contributed by atoms with Gasteiger partial charge in [0, 0.05) is 12.0 Å². The fourth-order valence-corrected chi connectivity index (χ4v) is 3.68. The molecule has 0 aliphatic carbocycles. The van der Waals surface area contributed by atoms with Crippen LogP contribution in [0.4, 0.5) is 23.7 Å². The number of anilines is 1. The van der Waals surface area contributed by atoms with E-state index in [9.17, 15) is 18.0 Å². The molecule has 2 aromatic rings. The summed E-state index contributed by atoms with van der Waals surface area (Å²) in [6.45, 7) is -1.60. The smallest absolute Gasteiger partial charge is 0.404 e. The van der Waals surface area contributed by atoms with Crippen molar-refractivity contribution in [1.82, 2.24) is 10.3 Å². The second kappa shape index (κ2) is 11.2. The molecule has 1 amide bonds. The Morgan fingerprint density at radius 1 is 1.34 bits per heavy atom. The summed E-state index contributed by atoms with van der Waals surface area (Å²) >= 11 is 12.1. The van der Waals surface area contributed by atoms with E-state index in [1.54, 1.807) is 31.3 Å². The molecule has 184 valence electrons. The van der Waals surface area contributed by atoms with Crippen LogP contribution in [0.1, 0.15) is 12.5 Å². The summed E-state index contributed by atoms with van der Waals surface area (Å²) in [6.07, 6.45) is 0.313. The second-order valence-corrected chi connectivity index (χ2v) is 8.01. The summed E-state index contributed by atoms with van der Waals surface area (Å²) in [5, 5.41) is 29.5. The van der Waals surface area contributed by atoms with Gasteiger partial charge >= 0.3 is 12.7 Å². The number of ether oxygens (including phenoxy) is 1. The Morgan fingerprint density at radius 3 is 2.71 bits per heavy atom. The summed E-state index contributed by atoms with van der Waals surface area (Å²) in [4.78, 5) is 14.9. The molecule has 0 saturated heterocycles. The highest BCUT2D eigenvalue weighted by Gasteiger charge is 2.35. The molecular weight excluding hydrogens is 512 g/mol. The Hall–Kier alpha value is -3.69. The number of nitrogens with one attached hydrogen (secondary N) is 2. The van der Waals surface area contributed by atoms with E-state index in [0.29, 0.717) is 16.3 Å². The van der Waals surface area contributed by atoms with E-state index < -0.39 is 36.2 Å². The molecule has 0 fully saturated rings. The minimum Gasteiger partial charge on any atom is -0.465 e. The molecule has 35 heavy (non-hydrogen) atoms. The number of hydrogen-bond acceptors (Lipinski definition) is 5. The van der Waals surface area contributed by atoms with Crippen LogP contribution >= 0.6 is 23.2 Å². The van der Waals surface area contributed by atoms with Gasteiger partial charge in [-0.2, -0.15) is 19.1 Å². The third-order valence-corrected chi connectivity index (χ3v) is 5.68. The van der Waals surface area contributed by atoms with Crippen molar-refractivity contribution in [3.05, 3.63) is 57.8 Å². The number of alkyl halides is 2. The largest absolute Gasteiger partial charge is 0.465 e. The monoisotopic (exact) mass is 528 g/mol. The number of halogens is 5. The first-order valence-corrected chi connectivity index (χ1v) is 10.6. The van der Waals surface area contributed by atoms with E-state index in [-0.39, 0.29) is 23.2 Å². The van der Waals surface area contributed by atoms with Gasteiger partial charge in [0.1, 0.15) is 0 Å². The Morgan fingerprint density at radius 2 is 2.09 bits per heavy atom. The number of guanidine groups is 1. The molecule has 3 N–H and O–H groups in total. The standard InChI is InChI=1S/C21H17Cl2F3N6O3/c1-10(29-21(33)34)12-8-32(31-18(12)11-5-6-13(22)14(23)7-11)20(28-9-27)30-15-3-2-4-16(17(15)24)35-19(25)26/h2-7,10,12,19,29H,8H2,1H3,(H,28,30)(H,33,34). The Balaban J connectivity index is 1.98. The average Bonchev–Trinajstić information content (AvgIpc) is 3.23.